The second-order valence-corrected chi connectivity index (χ2v) is 8.01. The Kier molecular flexibility index (Phi) is 7.55. The van der Waals surface area contributed by atoms with Crippen molar-refractivity contribution in [3.05, 3.63) is 63.1 Å². The van der Waals surface area contributed by atoms with Crippen molar-refractivity contribution in [3.63, 3.8) is 0 Å². The summed E-state index contributed by atoms with van der Waals surface area (Å²) >= 11 is 19.0. The van der Waals surface area contributed by atoms with Crippen LogP contribution >= 0.6 is 46.6 Å². The SMILES string of the molecule is CCn1c(SCC(=O)N/N=C/c2ccc(Cl)c(Cl)c2)nnc1-c1ccc(Cl)cc1. The molecule has 0 fully saturated rings. The molecule has 1 aromatic heterocycles. The summed E-state index contributed by atoms with van der Waals surface area (Å²) in [6.07, 6.45) is 1.50. The molecule has 0 aliphatic rings. The second-order valence-electron chi connectivity index (χ2n) is 5.81. The average molecular weight is 469 g/mol. The van der Waals surface area contributed by atoms with E-state index in [1.807, 2.05) is 23.6 Å². The molecule has 29 heavy (non-hydrogen) atoms. The number of carbonyl (C=O) groups is 1. The summed E-state index contributed by atoms with van der Waals surface area (Å²) in [5.74, 6) is 0.618. The van der Waals surface area contributed by atoms with Gasteiger partial charge in [0, 0.05) is 17.1 Å². The zero-order chi connectivity index (χ0) is 20.8. The minimum atomic E-state index is -0.259. The number of carbonyl (C=O) groups excluding carboxylic acids is 1. The number of hydrogen-bond acceptors (Lipinski definition) is 5. The van der Waals surface area contributed by atoms with Crippen LogP contribution in [0.25, 0.3) is 11.4 Å². The van der Waals surface area contributed by atoms with Gasteiger partial charge in [0.25, 0.3) is 5.91 Å². The van der Waals surface area contributed by atoms with E-state index < -0.39 is 0 Å². The Morgan fingerprint density at radius 1 is 1.14 bits per heavy atom. The molecule has 0 spiro atoms. The van der Waals surface area contributed by atoms with Gasteiger partial charge in [0.2, 0.25) is 0 Å². The maximum Gasteiger partial charge on any atom is 0.250 e. The van der Waals surface area contributed by atoms with E-state index in [0.717, 1.165) is 17.0 Å². The van der Waals surface area contributed by atoms with Crippen molar-refractivity contribution in [1.29, 1.82) is 0 Å². The summed E-state index contributed by atoms with van der Waals surface area (Å²) in [5.41, 5.74) is 4.12. The molecule has 1 heterocycles. The molecule has 0 aliphatic heterocycles. The highest BCUT2D eigenvalue weighted by Gasteiger charge is 2.14. The van der Waals surface area contributed by atoms with Crippen LogP contribution in [0.5, 0.6) is 0 Å². The van der Waals surface area contributed by atoms with E-state index in [4.69, 9.17) is 34.8 Å². The quantitative estimate of drug-likeness (QED) is 0.295. The first kappa shape index (κ1) is 21.6. The Bertz CT molecular complexity index is 1040. The van der Waals surface area contributed by atoms with Crippen LogP contribution in [0.15, 0.2) is 52.7 Å². The number of hydrogen-bond donors (Lipinski definition) is 1. The zero-order valence-corrected chi connectivity index (χ0v) is 18.4. The summed E-state index contributed by atoms with van der Waals surface area (Å²) in [6, 6.07) is 12.5. The van der Waals surface area contributed by atoms with Crippen molar-refractivity contribution < 1.29 is 4.79 Å². The molecule has 1 amide bonds. The first-order valence-electron chi connectivity index (χ1n) is 8.57. The molecular formula is C19H16Cl3N5OS. The number of thioether (sulfide) groups is 1. The van der Waals surface area contributed by atoms with Crippen molar-refractivity contribution in [2.24, 2.45) is 5.10 Å². The Labute approximate surface area is 187 Å². The van der Waals surface area contributed by atoms with Gasteiger partial charge >= 0.3 is 0 Å². The first-order valence-corrected chi connectivity index (χ1v) is 10.7. The molecule has 3 aromatic rings. The van der Waals surface area contributed by atoms with Gasteiger partial charge in [-0.05, 0) is 48.9 Å². The molecule has 0 saturated heterocycles. The van der Waals surface area contributed by atoms with Crippen LogP contribution in [0.1, 0.15) is 12.5 Å². The Balaban J connectivity index is 1.59. The van der Waals surface area contributed by atoms with Gasteiger partial charge in [0.05, 0.1) is 22.0 Å². The van der Waals surface area contributed by atoms with Gasteiger partial charge < -0.3 is 4.57 Å². The fraction of sp³-hybridized carbons (Fsp3) is 0.158. The summed E-state index contributed by atoms with van der Waals surface area (Å²) < 4.78 is 1.94. The van der Waals surface area contributed by atoms with E-state index in [1.54, 1.807) is 30.3 Å². The van der Waals surface area contributed by atoms with E-state index >= 15 is 0 Å². The van der Waals surface area contributed by atoms with Crippen LogP contribution in [-0.4, -0.2) is 32.6 Å². The first-order chi connectivity index (χ1) is 14.0. The lowest BCUT2D eigenvalue weighted by Crippen LogP contribution is -2.20. The van der Waals surface area contributed by atoms with Gasteiger partial charge in [-0.25, -0.2) is 5.43 Å². The highest BCUT2D eigenvalue weighted by molar-refractivity contribution is 7.99. The summed E-state index contributed by atoms with van der Waals surface area (Å²) in [5, 5.41) is 14.6. The minimum absolute atomic E-state index is 0.150. The minimum Gasteiger partial charge on any atom is -0.302 e. The molecule has 6 nitrogen and oxygen atoms in total. The number of aromatic nitrogens is 3. The lowest BCUT2D eigenvalue weighted by molar-refractivity contribution is -0.118. The second kappa shape index (κ2) is 10.1. The van der Waals surface area contributed by atoms with Crippen LogP contribution in [0.2, 0.25) is 15.1 Å². The predicted molar refractivity (Wildman–Crippen MR) is 119 cm³/mol. The molecule has 0 saturated carbocycles. The van der Waals surface area contributed by atoms with E-state index in [1.165, 1.54) is 18.0 Å². The smallest absolute Gasteiger partial charge is 0.250 e. The largest absolute Gasteiger partial charge is 0.302 e. The van der Waals surface area contributed by atoms with E-state index in [2.05, 4.69) is 20.7 Å². The van der Waals surface area contributed by atoms with Crippen LogP contribution in [-0.2, 0) is 11.3 Å². The molecule has 150 valence electrons. The Morgan fingerprint density at radius 2 is 1.90 bits per heavy atom. The van der Waals surface area contributed by atoms with Gasteiger partial charge in [-0.2, -0.15) is 5.10 Å². The number of benzene rings is 2. The number of hydrazone groups is 1. The van der Waals surface area contributed by atoms with Crippen molar-refractivity contribution in [1.82, 2.24) is 20.2 Å². The van der Waals surface area contributed by atoms with E-state index in [0.29, 0.717) is 26.8 Å². The Morgan fingerprint density at radius 3 is 2.59 bits per heavy atom. The molecule has 10 heteroatoms. The van der Waals surface area contributed by atoms with Crippen LogP contribution < -0.4 is 5.43 Å². The van der Waals surface area contributed by atoms with Crippen LogP contribution in [0, 0.1) is 0 Å². The van der Waals surface area contributed by atoms with Gasteiger partial charge in [-0.3, -0.25) is 4.79 Å². The van der Waals surface area contributed by atoms with Gasteiger partial charge in [0.15, 0.2) is 11.0 Å². The average Bonchev–Trinajstić information content (AvgIpc) is 3.12. The van der Waals surface area contributed by atoms with Crippen molar-refractivity contribution in [2.75, 3.05) is 5.75 Å². The molecule has 2 aromatic carbocycles. The number of halogens is 3. The summed E-state index contributed by atoms with van der Waals surface area (Å²) in [7, 11) is 0. The molecule has 1 N–H and O–H groups in total. The molecule has 0 aliphatic carbocycles. The molecule has 0 radical (unpaired) electrons. The van der Waals surface area contributed by atoms with Gasteiger partial charge in [-0.1, -0.05) is 52.6 Å². The molecule has 0 bridgehead atoms. The van der Waals surface area contributed by atoms with Crippen molar-refractivity contribution in [2.45, 2.75) is 18.6 Å². The van der Waals surface area contributed by atoms with Gasteiger partial charge in [0.1, 0.15) is 0 Å². The standard InChI is InChI=1S/C19H16Cl3N5OS/c1-2-27-18(13-4-6-14(20)7-5-13)25-26-19(27)29-11-17(28)24-23-10-12-3-8-15(21)16(22)9-12/h3-10H,2,11H2,1H3,(H,24,28)/b23-10+. The third-order valence-corrected chi connectivity index (χ3v) is 5.77. The predicted octanol–water partition coefficient (Wildman–Crippen LogP) is 5.17. The fourth-order valence-electron chi connectivity index (χ4n) is 2.43. The molecule has 0 unspecified atom stereocenters. The van der Waals surface area contributed by atoms with Crippen molar-refractivity contribution in [3.8, 4) is 11.4 Å². The van der Waals surface area contributed by atoms with E-state index in [-0.39, 0.29) is 11.7 Å². The maximum atomic E-state index is 12.1. The molecule has 0 atom stereocenters. The van der Waals surface area contributed by atoms with Crippen LogP contribution in [0.3, 0.4) is 0 Å². The highest BCUT2D eigenvalue weighted by Crippen LogP contribution is 2.25. The normalized spacial score (nSPS) is 11.2. The lowest BCUT2D eigenvalue weighted by Gasteiger charge is -2.07. The van der Waals surface area contributed by atoms with Crippen molar-refractivity contribution >= 4 is 58.7 Å². The lowest BCUT2D eigenvalue weighted by atomic mass is 10.2. The number of nitrogens with one attached hydrogen (secondary N) is 1. The zero-order valence-electron chi connectivity index (χ0n) is 15.3. The Hall–Kier alpha value is -2.06. The number of nitrogens with zero attached hydrogens (tertiary/aromatic N) is 4. The van der Waals surface area contributed by atoms with E-state index in [9.17, 15) is 4.79 Å². The number of amides is 1. The monoisotopic (exact) mass is 467 g/mol. The third kappa shape index (κ3) is 5.73. The summed E-state index contributed by atoms with van der Waals surface area (Å²) in [6.45, 7) is 2.67. The van der Waals surface area contributed by atoms with Crippen LogP contribution in [0.4, 0.5) is 0 Å². The maximum absolute atomic E-state index is 12.1. The topological polar surface area (TPSA) is 72.2 Å². The molecular weight excluding hydrogens is 453 g/mol. The molecule has 3 rings (SSSR count). The highest BCUT2D eigenvalue weighted by atomic mass is 35.5. The summed E-state index contributed by atoms with van der Waals surface area (Å²) in [4.78, 5) is 12.1. The third-order valence-electron chi connectivity index (χ3n) is 3.81. The number of rotatable bonds is 7. The fourth-order valence-corrected chi connectivity index (χ4v) is 3.65. The van der Waals surface area contributed by atoms with Gasteiger partial charge in [-0.15, -0.1) is 10.2 Å².